The Balaban J connectivity index is 1.50. The van der Waals surface area contributed by atoms with Gasteiger partial charge in [-0.15, -0.1) is 0 Å². The number of pyridine rings is 1. The average Bonchev–Trinajstić information content (AvgIpc) is 2.91. The second-order valence-electron chi connectivity index (χ2n) is 8.16. The molecular weight excluding hydrogens is 477 g/mol. The number of H-pyrrole nitrogens is 1. The summed E-state index contributed by atoms with van der Waals surface area (Å²) < 4.78 is 18.3. The van der Waals surface area contributed by atoms with Crippen LogP contribution in [-0.2, 0) is 4.74 Å². The molecule has 0 fully saturated rings. The molecule has 0 saturated carbocycles. The fourth-order valence-electron chi connectivity index (χ4n) is 4.11. The minimum absolute atomic E-state index is 0.00277. The minimum Gasteiger partial charge on any atom is -0.465 e. The van der Waals surface area contributed by atoms with Crippen LogP contribution in [0.15, 0.2) is 71.5 Å². The number of esters is 1. The number of halogens is 1. The molecule has 0 aliphatic heterocycles. The molecule has 0 spiro atoms. The molecule has 0 bridgehead atoms. The summed E-state index contributed by atoms with van der Waals surface area (Å²) in [6.07, 6.45) is 0. The van der Waals surface area contributed by atoms with E-state index in [-0.39, 0.29) is 28.2 Å². The monoisotopic (exact) mass is 497 g/mol. The van der Waals surface area contributed by atoms with Gasteiger partial charge in [-0.3, -0.25) is 20.4 Å². The van der Waals surface area contributed by atoms with Gasteiger partial charge in [0.2, 0.25) is 5.95 Å². The van der Waals surface area contributed by atoms with Crippen molar-refractivity contribution in [2.75, 3.05) is 12.5 Å². The van der Waals surface area contributed by atoms with Gasteiger partial charge in [0.05, 0.1) is 29.6 Å². The molecule has 5 rings (SSSR count). The van der Waals surface area contributed by atoms with Gasteiger partial charge in [0.1, 0.15) is 11.4 Å². The number of ether oxygens (including phenoxy) is 1. The summed E-state index contributed by atoms with van der Waals surface area (Å²) in [4.78, 5) is 50.2. The average molecular weight is 497 g/mol. The van der Waals surface area contributed by atoms with E-state index >= 15 is 0 Å². The number of carbonyl (C=O) groups excluding carboxylic acids is 2. The summed E-state index contributed by atoms with van der Waals surface area (Å²) in [5, 5.41) is 0.896. The van der Waals surface area contributed by atoms with Crippen molar-refractivity contribution in [3.63, 3.8) is 0 Å². The van der Waals surface area contributed by atoms with Gasteiger partial charge < -0.3 is 9.72 Å². The molecule has 9 nitrogen and oxygen atoms in total. The molecule has 0 radical (unpaired) electrons. The summed E-state index contributed by atoms with van der Waals surface area (Å²) in [6.45, 7) is 1.59. The first-order chi connectivity index (χ1) is 17.9. The van der Waals surface area contributed by atoms with E-state index in [4.69, 9.17) is 4.74 Å². The van der Waals surface area contributed by atoms with E-state index in [1.807, 2.05) is 0 Å². The predicted octanol–water partition coefficient (Wildman–Crippen LogP) is 4.13. The number of amides is 1. The maximum absolute atomic E-state index is 13.5. The number of hydrogen-bond acceptors (Lipinski definition) is 7. The van der Waals surface area contributed by atoms with Crippen LogP contribution >= 0.6 is 0 Å². The van der Waals surface area contributed by atoms with E-state index in [1.165, 1.54) is 31.4 Å². The highest BCUT2D eigenvalue weighted by Crippen LogP contribution is 2.26. The van der Waals surface area contributed by atoms with Crippen LogP contribution in [0.5, 0.6) is 0 Å². The molecular formula is C27H20FN5O4. The number of aromatic nitrogens is 3. The molecule has 0 saturated heterocycles. The Labute approximate surface area is 209 Å². The van der Waals surface area contributed by atoms with Gasteiger partial charge in [0.15, 0.2) is 5.43 Å². The number of anilines is 1. The third kappa shape index (κ3) is 4.36. The number of methoxy groups -OCH3 is 1. The normalized spacial score (nSPS) is 10.9. The number of rotatable bonds is 5. The van der Waals surface area contributed by atoms with E-state index < -0.39 is 17.7 Å². The number of aryl methyl sites for hydroxylation is 1. The molecule has 0 unspecified atom stereocenters. The van der Waals surface area contributed by atoms with Crippen LogP contribution < -0.4 is 16.3 Å². The van der Waals surface area contributed by atoms with Gasteiger partial charge in [-0.1, -0.05) is 18.2 Å². The first kappa shape index (κ1) is 23.6. The number of benzene rings is 3. The Morgan fingerprint density at radius 3 is 2.43 bits per heavy atom. The maximum atomic E-state index is 13.5. The highest BCUT2D eigenvalue weighted by molar-refractivity contribution is 6.08. The summed E-state index contributed by atoms with van der Waals surface area (Å²) in [5.74, 6) is -1.64. The lowest BCUT2D eigenvalue weighted by atomic mass is 10.0. The van der Waals surface area contributed by atoms with Crippen molar-refractivity contribution in [1.82, 2.24) is 20.4 Å². The van der Waals surface area contributed by atoms with Crippen molar-refractivity contribution in [3.05, 3.63) is 99.6 Å². The Hall–Kier alpha value is -5.12. The van der Waals surface area contributed by atoms with Gasteiger partial charge >= 0.3 is 5.97 Å². The molecule has 10 heteroatoms. The third-order valence-corrected chi connectivity index (χ3v) is 5.87. The van der Waals surface area contributed by atoms with Crippen molar-refractivity contribution in [2.45, 2.75) is 6.92 Å². The second kappa shape index (κ2) is 9.50. The van der Waals surface area contributed by atoms with Crippen molar-refractivity contribution in [2.24, 2.45) is 0 Å². The first-order valence-corrected chi connectivity index (χ1v) is 11.2. The molecule has 0 atom stereocenters. The minimum atomic E-state index is -0.653. The van der Waals surface area contributed by atoms with Crippen molar-refractivity contribution in [3.8, 4) is 11.3 Å². The molecule has 0 aliphatic carbocycles. The van der Waals surface area contributed by atoms with Crippen LogP contribution in [0.3, 0.4) is 0 Å². The maximum Gasteiger partial charge on any atom is 0.341 e. The largest absolute Gasteiger partial charge is 0.465 e. The molecule has 5 aromatic rings. The highest BCUT2D eigenvalue weighted by atomic mass is 19.1. The lowest BCUT2D eigenvalue weighted by Gasteiger charge is -2.14. The summed E-state index contributed by atoms with van der Waals surface area (Å²) >= 11 is 0. The number of aromatic amines is 1. The zero-order valence-electron chi connectivity index (χ0n) is 19.8. The topological polar surface area (TPSA) is 126 Å². The second-order valence-corrected chi connectivity index (χ2v) is 8.16. The summed E-state index contributed by atoms with van der Waals surface area (Å²) in [6, 6.07) is 17.4. The molecule has 2 aromatic heterocycles. The Bertz CT molecular complexity index is 1750. The van der Waals surface area contributed by atoms with E-state index in [0.717, 1.165) is 0 Å². The number of para-hydroxylation sites is 2. The molecule has 3 aromatic carbocycles. The van der Waals surface area contributed by atoms with E-state index in [1.54, 1.807) is 49.4 Å². The van der Waals surface area contributed by atoms with Crippen LogP contribution in [0.1, 0.15) is 26.4 Å². The molecule has 1 amide bonds. The van der Waals surface area contributed by atoms with Gasteiger partial charge in [-0.25, -0.2) is 19.2 Å². The first-order valence-electron chi connectivity index (χ1n) is 11.2. The predicted molar refractivity (Wildman–Crippen MR) is 137 cm³/mol. The molecule has 184 valence electrons. The molecule has 37 heavy (non-hydrogen) atoms. The quantitative estimate of drug-likeness (QED) is 0.189. The van der Waals surface area contributed by atoms with Crippen LogP contribution in [0, 0.1) is 12.7 Å². The van der Waals surface area contributed by atoms with Crippen molar-refractivity contribution < 1.29 is 18.7 Å². The number of fused-ring (bicyclic) bond motifs is 2. The highest BCUT2D eigenvalue weighted by Gasteiger charge is 2.21. The zero-order chi connectivity index (χ0) is 26.1. The SMILES string of the molecule is COC(=O)c1c(C)nc(NNC(=O)c2cccc3c(=O)c4ccccc4[nH]c23)nc1-c1ccc(F)cc1. The fraction of sp³-hybridized carbons (Fsp3) is 0.0741. The van der Waals surface area contributed by atoms with Crippen molar-refractivity contribution >= 4 is 39.6 Å². The fourth-order valence-corrected chi connectivity index (χ4v) is 4.11. The third-order valence-electron chi connectivity index (χ3n) is 5.87. The lowest BCUT2D eigenvalue weighted by molar-refractivity contribution is 0.0599. The number of nitrogens with zero attached hydrogens (tertiary/aromatic N) is 2. The summed E-state index contributed by atoms with van der Waals surface area (Å²) in [5.41, 5.74) is 7.31. The standard InChI is InChI=1S/C27H20FN5O4/c1-14-21(26(36)37-2)22(15-10-12-16(28)13-11-15)31-27(29-14)33-32-25(35)19-8-5-7-18-23(19)30-20-9-4-3-6-17(20)24(18)34/h3-13H,1-2H3,(H,30,34)(H,32,35)(H,29,31,33). The van der Waals surface area contributed by atoms with Crippen LogP contribution in [-0.4, -0.2) is 33.9 Å². The van der Waals surface area contributed by atoms with Crippen molar-refractivity contribution in [1.29, 1.82) is 0 Å². The number of hydrogen-bond donors (Lipinski definition) is 3. The summed E-state index contributed by atoms with van der Waals surface area (Å²) in [7, 11) is 1.24. The molecule has 3 N–H and O–H groups in total. The lowest BCUT2D eigenvalue weighted by Crippen LogP contribution is -2.31. The Morgan fingerprint density at radius 2 is 1.68 bits per heavy atom. The van der Waals surface area contributed by atoms with Gasteiger partial charge in [0, 0.05) is 21.9 Å². The van der Waals surface area contributed by atoms with Gasteiger partial charge in [-0.2, -0.15) is 0 Å². The molecule has 0 aliphatic rings. The van der Waals surface area contributed by atoms with E-state index in [0.29, 0.717) is 33.1 Å². The number of hydrazine groups is 1. The Morgan fingerprint density at radius 1 is 0.946 bits per heavy atom. The van der Waals surface area contributed by atoms with Crippen LogP contribution in [0.4, 0.5) is 10.3 Å². The van der Waals surface area contributed by atoms with Crippen LogP contribution in [0.25, 0.3) is 33.1 Å². The number of nitrogens with one attached hydrogen (secondary N) is 3. The van der Waals surface area contributed by atoms with Gasteiger partial charge in [0.25, 0.3) is 5.91 Å². The van der Waals surface area contributed by atoms with Gasteiger partial charge in [-0.05, 0) is 55.5 Å². The van der Waals surface area contributed by atoms with E-state index in [2.05, 4.69) is 25.8 Å². The smallest absolute Gasteiger partial charge is 0.341 e. The zero-order valence-corrected chi connectivity index (χ0v) is 19.8. The van der Waals surface area contributed by atoms with E-state index in [9.17, 15) is 18.8 Å². The molecule has 2 heterocycles. The number of carbonyl (C=O) groups is 2. The Kier molecular flexibility index (Phi) is 6.06. The van der Waals surface area contributed by atoms with Crippen LogP contribution in [0.2, 0.25) is 0 Å².